The van der Waals surface area contributed by atoms with E-state index >= 15 is 0 Å². The van der Waals surface area contributed by atoms with Crippen molar-refractivity contribution in [1.82, 2.24) is 5.32 Å². The van der Waals surface area contributed by atoms with Crippen LogP contribution in [0.5, 0.6) is 0 Å². The molecule has 0 saturated carbocycles. The van der Waals surface area contributed by atoms with Crippen LogP contribution in [0, 0.1) is 5.82 Å². The average molecular weight is 299 g/mol. The monoisotopic (exact) mass is 299 g/mol. The topological polar surface area (TPSA) is 12.0 Å². The molecule has 118 valence electrons. The summed E-state index contributed by atoms with van der Waals surface area (Å²) in [7, 11) is 0. The van der Waals surface area contributed by atoms with Crippen molar-refractivity contribution in [2.45, 2.75) is 45.6 Å². The van der Waals surface area contributed by atoms with Crippen LogP contribution in [-0.2, 0) is 0 Å². The van der Waals surface area contributed by atoms with E-state index < -0.39 is 0 Å². The van der Waals surface area contributed by atoms with Crippen molar-refractivity contribution in [2.24, 2.45) is 0 Å². The first-order valence-electron chi connectivity index (χ1n) is 8.19. The summed E-state index contributed by atoms with van der Waals surface area (Å²) in [5, 5.41) is 3.54. The molecule has 0 spiro atoms. The Morgan fingerprint density at radius 2 is 1.45 bits per heavy atom. The van der Waals surface area contributed by atoms with E-state index in [1.165, 1.54) is 24.1 Å². The first-order valence-corrected chi connectivity index (χ1v) is 8.19. The molecule has 0 aromatic heterocycles. The molecule has 0 amide bonds. The number of benzene rings is 2. The standard InChI is InChI=1S/C20H26FN/c1-4-16(3)22-14-13-15(2)17-5-7-18(8-6-17)19-9-11-20(21)12-10-19/h5-12,15-16,22H,4,13-14H2,1-3H3. The summed E-state index contributed by atoms with van der Waals surface area (Å²) in [6.45, 7) is 7.75. The molecule has 0 bridgehead atoms. The summed E-state index contributed by atoms with van der Waals surface area (Å²) in [6, 6.07) is 15.9. The molecule has 0 aliphatic heterocycles. The van der Waals surface area contributed by atoms with Crippen molar-refractivity contribution in [2.75, 3.05) is 6.54 Å². The predicted octanol–water partition coefficient (Wildman–Crippen LogP) is 5.37. The smallest absolute Gasteiger partial charge is 0.123 e. The lowest BCUT2D eigenvalue weighted by Crippen LogP contribution is -2.26. The Morgan fingerprint density at radius 3 is 2.00 bits per heavy atom. The highest BCUT2D eigenvalue weighted by molar-refractivity contribution is 5.63. The van der Waals surface area contributed by atoms with Gasteiger partial charge in [0.15, 0.2) is 0 Å². The van der Waals surface area contributed by atoms with Crippen molar-refractivity contribution in [3.8, 4) is 11.1 Å². The minimum Gasteiger partial charge on any atom is -0.314 e. The molecule has 0 radical (unpaired) electrons. The SMILES string of the molecule is CCC(C)NCCC(C)c1ccc(-c2ccc(F)cc2)cc1. The fourth-order valence-corrected chi connectivity index (χ4v) is 2.50. The Kier molecular flexibility index (Phi) is 6.14. The first-order chi connectivity index (χ1) is 10.6. The van der Waals surface area contributed by atoms with Gasteiger partial charge in [0.1, 0.15) is 5.82 Å². The van der Waals surface area contributed by atoms with Gasteiger partial charge in [-0.15, -0.1) is 0 Å². The van der Waals surface area contributed by atoms with E-state index in [0.717, 1.165) is 24.1 Å². The second-order valence-corrected chi connectivity index (χ2v) is 6.08. The zero-order valence-electron chi connectivity index (χ0n) is 13.8. The minimum absolute atomic E-state index is 0.192. The molecule has 2 atom stereocenters. The summed E-state index contributed by atoms with van der Waals surface area (Å²) in [5.74, 6) is 0.349. The number of rotatable bonds is 7. The van der Waals surface area contributed by atoms with Gasteiger partial charge in [0.25, 0.3) is 0 Å². The molecule has 1 nitrogen and oxygen atoms in total. The summed E-state index contributed by atoms with van der Waals surface area (Å²) in [5.41, 5.74) is 3.55. The maximum absolute atomic E-state index is 13.0. The first kappa shape index (κ1) is 16.7. The lowest BCUT2D eigenvalue weighted by Gasteiger charge is -2.16. The van der Waals surface area contributed by atoms with Gasteiger partial charge < -0.3 is 5.32 Å². The quantitative estimate of drug-likeness (QED) is 0.724. The highest BCUT2D eigenvalue weighted by atomic mass is 19.1. The van der Waals surface area contributed by atoms with Gasteiger partial charge in [-0.2, -0.15) is 0 Å². The molecule has 0 fully saturated rings. The van der Waals surface area contributed by atoms with Gasteiger partial charge in [0.2, 0.25) is 0 Å². The molecule has 1 N–H and O–H groups in total. The normalized spacial score (nSPS) is 13.8. The van der Waals surface area contributed by atoms with Gasteiger partial charge in [-0.3, -0.25) is 0 Å². The molecular weight excluding hydrogens is 273 g/mol. The van der Waals surface area contributed by atoms with E-state index in [1.807, 2.05) is 12.1 Å². The van der Waals surface area contributed by atoms with Crippen molar-refractivity contribution in [1.29, 1.82) is 0 Å². The largest absolute Gasteiger partial charge is 0.314 e. The highest BCUT2D eigenvalue weighted by Crippen LogP contribution is 2.24. The number of hydrogen-bond donors (Lipinski definition) is 1. The van der Waals surface area contributed by atoms with Crippen molar-refractivity contribution in [3.63, 3.8) is 0 Å². The van der Waals surface area contributed by atoms with Crippen LogP contribution in [0.3, 0.4) is 0 Å². The summed E-state index contributed by atoms with van der Waals surface area (Å²) in [4.78, 5) is 0. The fourth-order valence-electron chi connectivity index (χ4n) is 2.50. The van der Waals surface area contributed by atoms with Gasteiger partial charge in [-0.05, 0) is 61.1 Å². The van der Waals surface area contributed by atoms with Crippen LogP contribution in [-0.4, -0.2) is 12.6 Å². The van der Waals surface area contributed by atoms with Crippen molar-refractivity contribution < 1.29 is 4.39 Å². The van der Waals surface area contributed by atoms with E-state index in [4.69, 9.17) is 0 Å². The van der Waals surface area contributed by atoms with Crippen molar-refractivity contribution in [3.05, 3.63) is 59.9 Å². The molecule has 2 rings (SSSR count). The Balaban J connectivity index is 1.94. The van der Waals surface area contributed by atoms with Crippen LogP contribution < -0.4 is 5.32 Å². The van der Waals surface area contributed by atoms with Gasteiger partial charge >= 0.3 is 0 Å². The average Bonchev–Trinajstić information content (AvgIpc) is 2.55. The number of hydrogen-bond acceptors (Lipinski definition) is 1. The van der Waals surface area contributed by atoms with E-state index in [-0.39, 0.29) is 5.82 Å². The maximum atomic E-state index is 13.0. The second-order valence-electron chi connectivity index (χ2n) is 6.08. The number of nitrogens with one attached hydrogen (secondary N) is 1. The summed E-state index contributed by atoms with van der Waals surface area (Å²) in [6.07, 6.45) is 2.31. The van der Waals surface area contributed by atoms with Crippen LogP contribution in [0.25, 0.3) is 11.1 Å². The van der Waals surface area contributed by atoms with Crippen LogP contribution >= 0.6 is 0 Å². The van der Waals surface area contributed by atoms with Gasteiger partial charge in [-0.1, -0.05) is 50.2 Å². The Labute approximate surface area is 133 Å². The lowest BCUT2D eigenvalue weighted by molar-refractivity contribution is 0.505. The molecule has 0 heterocycles. The van der Waals surface area contributed by atoms with Gasteiger partial charge in [0, 0.05) is 6.04 Å². The maximum Gasteiger partial charge on any atom is 0.123 e. The third-order valence-electron chi connectivity index (χ3n) is 4.34. The van der Waals surface area contributed by atoms with Gasteiger partial charge in [-0.25, -0.2) is 4.39 Å². The van der Waals surface area contributed by atoms with Crippen LogP contribution in [0.1, 0.15) is 45.1 Å². The third-order valence-corrected chi connectivity index (χ3v) is 4.34. The molecule has 0 saturated heterocycles. The van der Waals surface area contributed by atoms with Crippen molar-refractivity contribution >= 4 is 0 Å². The molecule has 2 aromatic rings. The third kappa shape index (κ3) is 4.67. The molecule has 2 heteroatoms. The molecular formula is C20H26FN. The van der Waals surface area contributed by atoms with Crippen LogP contribution in [0.4, 0.5) is 4.39 Å². The predicted molar refractivity (Wildman–Crippen MR) is 92.6 cm³/mol. The second kappa shape index (κ2) is 8.09. The lowest BCUT2D eigenvalue weighted by atomic mass is 9.95. The number of halogens is 1. The molecule has 2 unspecified atom stereocenters. The molecule has 0 aliphatic carbocycles. The summed E-state index contributed by atoms with van der Waals surface area (Å²) >= 11 is 0. The van der Waals surface area contributed by atoms with E-state index in [1.54, 1.807) is 0 Å². The zero-order chi connectivity index (χ0) is 15.9. The van der Waals surface area contributed by atoms with Gasteiger partial charge in [0.05, 0.1) is 0 Å². The molecule has 22 heavy (non-hydrogen) atoms. The highest BCUT2D eigenvalue weighted by Gasteiger charge is 2.07. The Hall–Kier alpha value is -1.67. The fraction of sp³-hybridized carbons (Fsp3) is 0.400. The van der Waals surface area contributed by atoms with E-state index in [0.29, 0.717) is 12.0 Å². The van der Waals surface area contributed by atoms with E-state index in [9.17, 15) is 4.39 Å². The van der Waals surface area contributed by atoms with Crippen LogP contribution in [0.15, 0.2) is 48.5 Å². The zero-order valence-corrected chi connectivity index (χ0v) is 13.8. The summed E-state index contributed by atoms with van der Waals surface area (Å²) < 4.78 is 13.0. The molecule has 2 aromatic carbocycles. The Morgan fingerprint density at radius 1 is 0.909 bits per heavy atom. The van der Waals surface area contributed by atoms with E-state index in [2.05, 4.69) is 50.4 Å². The molecule has 0 aliphatic rings. The Bertz CT molecular complexity index is 559. The minimum atomic E-state index is -0.192. The van der Waals surface area contributed by atoms with Crippen LogP contribution in [0.2, 0.25) is 0 Å².